The maximum absolute atomic E-state index is 12.3. The van der Waals surface area contributed by atoms with Crippen molar-refractivity contribution in [1.29, 1.82) is 0 Å². The fraction of sp³-hybridized carbons (Fsp3) is 0.929. The predicted octanol–water partition coefficient (Wildman–Crippen LogP) is 3.35. The van der Waals surface area contributed by atoms with E-state index in [9.17, 15) is 24.9 Å². The van der Waals surface area contributed by atoms with E-state index in [1.807, 2.05) is 0 Å². The number of carboxylic acid groups (broad SMARTS) is 1. The van der Waals surface area contributed by atoms with Crippen LogP contribution in [0.25, 0.3) is 0 Å². The van der Waals surface area contributed by atoms with Gasteiger partial charge in [-0.3, -0.25) is 9.59 Å². The van der Waals surface area contributed by atoms with Gasteiger partial charge < -0.3 is 25.7 Å². The van der Waals surface area contributed by atoms with E-state index in [-0.39, 0.29) is 41.1 Å². The third-order valence-corrected chi connectivity index (χ3v) is 11.2. The zero-order valence-corrected chi connectivity index (χ0v) is 21.8. The summed E-state index contributed by atoms with van der Waals surface area (Å²) in [6.45, 7) is 7.37. The number of carbonyl (C=O) groups is 2. The molecular formula is C28H47NO6. The van der Waals surface area contributed by atoms with Gasteiger partial charge in [0.25, 0.3) is 0 Å². The average Bonchev–Trinajstić information content (AvgIpc) is 3.16. The minimum Gasteiger partial charge on any atom is -0.481 e. The van der Waals surface area contributed by atoms with Crippen molar-refractivity contribution in [2.75, 3.05) is 6.54 Å². The standard InChI is InChI=1S/C28H47NO6/c1-16(6-9-22(31)29-14-4-5-23(32)33)18-7-8-19-24-20(11-13-27(18,19)2)28(3)12-10-17(30)15-21(28)25(34)26(24)35/h16-21,24-26,30,34-35H,4-15H2,1-3H3,(H,29,31)(H,32,33)/t16-,17-,18-,19+,20+,21+,24+,25+,26+,27-,28-/m0/s1. The van der Waals surface area contributed by atoms with Crippen LogP contribution in [0.3, 0.4) is 0 Å². The van der Waals surface area contributed by atoms with Gasteiger partial charge in [0.2, 0.25) is 5.91 Å². The number of hydrogen-bond donors (Lipinski definition) is 5. The molecule has 0 aromatic rings. The van der Waals surface area contributed by atoms with Crippen LogP contribution in [0.5, 0.6) is 0 Å². The Labute approximate surface area is 210 Å². The molecular weight excluding hydrogens is 446 g/mol. The van der Waals surface area contributed by atoms with Crippen molar-refractivity contribution in [3.05, 3.63) is 0 Å². The Balaban J connectivity index is 1.40. The lowest BCUT2D eigenvalue weighted by molar-refractivity contribution is -0.223. The molecule has 0 spiro atoms. The molecule has 0 aromatic heterocycles. The fourth-order valence-electron chi connectivity index (χ4n) is 9.33. The van der Waals surface area contributed by atoms with Crippen molar-refractivity contribution in [3.63, 3.8) is 0 Å². The zero-order valence-electron chi connectivity index (χ0n) is 21.8. The third-order valence-electron chi connectivity index (χ3n) is 11.2. The Morgan fingerprint density at radius 1 is 0.914 bits per heavy atom. The first-order chi connectivity index (χ1) is 16.5. The van der Waals surface area contributed by atoms with Crippen molar-refractivity contribution < 1.29 is 30.0 Å². The maximum Gasteiger partial charge on any atom is 0.303 e. The molecule has 0 heterocycles. The topological polar surface area (TPSA) is 127 Å². The molecule has 0 aromatic carbocycles. The molecule has 4 fully saturated rings. The lowest BCUT2D eigenvalue weighted by atomic mass is 9.43. The normalized spacial score (nSPS) is 45.7. The van der Waals surface area contributed by atoms with Gasteiger partial charge in [-0.2, -0.15) is 0 Å². The maximum atomic E-state index is 12.3. The first-order valence-corrected chi connectivity index (χ1v) is 14.0. The summed E-state index contributed by atoms with van der Waals surface area (Å²) in [5, 5.41) is 44.4. The zero-order chi connectivity index (χ0) is 25.5. The molecule has 0 unspecified atom stereocenters. The SMILES string of the molecule is C[C@@H](CCC(=O)NCCCC(=O)O)[C@@H]1CC[C@@H]2[C@H]3[C@@H](O)[C@H](O)[C@H]4C[C@@H](O)CC[C@@]4(C)[C@@H]3CC[C@]21C. The van der Waals surface area contributed by atoms with E-state index in [2.05, 4.69) is 26.1 Å². The number of fused-ring (bicyclic) bond motifs is 5. The van der Waals surface area contributed by atoms with E-state index >= 15 is 0 Å². The summed E-state index contributed by atoms with van der Waals surface area (Å²) in [5.74, 6) is 0.895. The summed E-state index contributed by atoms with van der Waals surface area (Å²) in [5.41, 5.74) is 0.0862. The van der Waals surface area contributed by atoms with Crippen LogP contribution in [0.2, 0.25) is 0 Å². The second-order valence-corrected chi connectivity index (χ2v) is 12.9. The van der Waals surface area contributed by atoms with Crippen molar-refractivity contribution in [3.8, 4) is 0 Å². The summed E-state index contributed by atoms with van der Waals surface area (Å²) < 4.78 is 0. The van der Waals surface area contributed by atoms with Crippen LogP contribution in [0.15, 0.2) is 0 Å². The molecule has 7 heteroatoms. The van der Waals surface area contributed by atoms with Crippen molar-refractivity contribution in [2.24, 2.45) is 46.3 Å². The molecule has 4 aliphatic carbocycles. The lowest BCUT2D eigenvalue weighted by Crippen LogP contribution is -2.64. The Hall–Kier alpha value is -1.18. The van der Waals surface area contributed by atoms with Gasteiger partial charge in [0, 0.05) is 19.4 Å². The Kier molecular flexibility index (Phi) is 7.90. The van der Waals surface area contributed by atoms with Gasteiger partial charge in [0.15, 0.2) is 0 Å². The Morgan fingerprint density at radius 2 is 1.60 bits per heavy atom. The van der Waals surface area contributed by atoms with Crippen molar-refractivity contribution in [1.82, 2.24) is 5.32 Å². The number of amides is 1. The van der Waals surface area contributed by atoms with Gasteiger partial charge in [-0.1, -0.05) is 20.8 Å². The Bertz CT molecular complexity index is 789. The summed E-state index contributed by atoms with van der Waals surface area (Å²) in [4.78, 5) is 22.9. The fourth-order valence-corrected chi connectivity index (χ4v) is 9.33. The molecule has 7 nitrogen and oxygen atoms in total. The molecule has 4 rings (SSSR count). The second kappa shape index (κ2) is 10.3. The van der Waals surface area contributed by atoms with E-state index in [4.69, 9.17) is 5.11 Å². The monoisotopic (exact) mass is 493 g/mol. The van der Waals surface area contributed by atoms with Crippen molar-refractivity contribution >= 4 is 11.9 Å². The molecule has 4 saturated carbocycles. The van der Waals surface area contributed by atoms with Gasteiger partial charge in [0.05, 0.1) is 18.3 Å². The van der Waals surface area contributed by atoms with E-state index in [1.54, 1.807) is 0 Å². The number of aliphatic hydroxyl groups is 3. The van der Waals surface area contributed by atoms with E-state index in [1.165, 1.54) is 0 Å². The average molecular weight is 494 g/mol. The van der Waals surface area contributed by atoms with E-state index in [0.717, 1.165) is 44.9 Å². The molecule has 1 amide bonds. The van der Waals surface area contributed by atoms with Crippen LogP contribution >= 0.6 is 0 Å². The highest BCUT2D eigenvalue weighted by Crippen LogP contribution is 2.68. The number of carbonyl (C=O) groups excluding carboxylic acids is 1. The molecule has 4 aliphatic rings. The van der Waals surface area contributed by atoms with Gasteiger partial charge in [-0.25, -0.2) is 0 Å². The molecule has 0 bridgehead atoms. The van der Waals surface area contributed by atoms with E-state index < -0.39 is 18.2 Å². The smallest absolute Gasteiger partial charge is 0.303 e. The second-order valence-electron chi connectivity index (χ2n) is 12.9. The number of hydrogen-bond acceptors (Lipinski definition) is 5. The minimum absolute atomic E-state index is 0.00470. The van der Waals surface area contributed by atoms with Crippen LogP contribution in [0, 0.1) is 46.3 Å². The van der Waals surface area contributed by atoms with Crippen LogP contribution in [-0.2, 0) is 9.59 Å². The number of carboxylic acids is 1. The molecule has 0 aliphatic heterocycles. The highest BCUT2D eigenvalue weighted by atomic mass is 16.4. The number of aliphatic hydroxyl groups excluding tert-OH is 3. The molecule has 35 heavy (non-hydrogen) atoms. The Morgan fingerprint density at radius 3 is 2.31 bits per heavy atom. The minimum atomic E-state index is -0.840. The van der Waals surface area contributed by atoms with Gasteiger partial charge in [-0.05, 0) is 104 Å². The first-order valence-electron chi connectivity index (χ1n) is 14.0. The van der Waals surface area contributed by atoms with Gasteiger partial charge >= 0.3 is 5.97 Å². The summed E-state index contributed by atoms with van der Waals surface area (Å²) in [6.07, 6.45) is 6.62. The van der Waals surface area contributed by atoms with Crippen LogP contribution < -0.4 is 5.32 Å². The highest BCUT2D eigenvalue weighted by molar-refractivity contribution is 5.75. The molecule has 200 valence electrons. The summed E-state index contributed by atoms with van der Waals surface area (Å²) >= 11 is 0. The summed E-state index contributed by atoms with van der Waals surface area (Å²) in [7, 11) is 0. The molecule has 0 saturated heterocycles. The van der Waals surface area contributed by atoms with Crippen molar-refractivity contribution in [2.45, 2.75) is 110 Å². The number of rotatable bonds is 8. The number of aliphatic carboxylic acids is 1. The predicted molar refractivity (Wildman–Crippen MR) is 132 cm³/mol. The molecule has 5 N–H and O–H groups in total. The van der Waals surface area contributed by atoms with E-state index in [0.29, 0.717) is 49.5 Å². The highest BCUT2D eigenvalue weighted by Gasteiger charge is 2.65. The summed E-state index contributed by atoms with van der Waals surface area (Å²) in [6, 6.07) is 0. The largest absolute Gasteiger partial charge is 0.481 e. The van der Waals surface area contributed by atoms with Gasteiger partial charge in [-0.15, -0.1) is 0 Å². The van der Waals surface area contributed by atoms with Crippen LogP contribution in [-0.4, -0.2) is 57.2 Å². The first kappa shape index (κ1) is 26.9. The van der Waals surface area contributed by atoms with Gasteiger partial charge in [0.1, 0.15) is 0 Å². The molecule has 0 radical (unpaired) electrons. The molecule has 11 atom stereocenters. The van der Waals surface area contributed by atoms with Crippen LogP contribution in [0.1, 0.15) is 91.4 Å². The van der Waals surface area contributed by atoms with Crippen LogP contribution in [0.4, 0.5) is 0 Å². The quantitative estimate of drug-likeness (QED) is 0.330. The third kappa shape index (κ3) is 4.89. The number of nitrogens with one attached hydrogen (secondary N) is 1. The lowest BCUT2D eigenvalue weighted by Gasteiger charge is -2.63.